The molecule has 6 heteroatoms. The smallest absolute Gasteiger partial charge is 0.274 e. The first kappa shape index (κ1) is 17.9. The van der Waals surface area contributed by atoms with E-state index in [1.807, 2.05) is 0 Å². The third-order valence-electron chi connectivity index (χ3n) is 3.34. The molecule has 0 unspecified atom stereocenters. The Labute approximate surface area is 146 Å². The highest BCUT2D eigenvalue weighted by Gasteiger charge is 2.13. The fraction of sp³-hybridized carbons (Fsp3) is 0.278. The van der Waals surface area contributed by atoms with Crippen molar-refractivity contribution in [1.29, 1.82) is 0 Å². The maximum absolute atomic E-state index is 12.3. The Morgan fingerprint density at radius 3 is 2.38 bits per heavy atom. The zero-order chi connectivity index (χ0) is 17.5. The second-order valence-corrected chi connectivity index (χ2v) is 6.19. The lowest BCUT2D eigenvalue weighted by atomic mass is 10.1. The molecular weight excluding hydrogens is 326 g/mol. The van der Waals surface area contributed by atoms with Gasteiger partial charge in [-0.05, 0) is 36.6 Å². The van der Waals surface area contributed by atoms with Gasteiger partial charge in [-0.2, -0.15) is 0 Å². The number of aromatic nitrogens is 1. The molecule has 0 fully saturated rings. The Morgan fingerprint density at radius 2 is 1.71 bits per heavy atom. The second-order valence-electron chi connectivity index (χ2n) is 5.78. The van der Waals surface area contributed by atoms with Crippen LogP contribution in [0.5, 0.6) is 0 Å². The minimum atomic E-state index is -0.417. The first-order valence-corrected chi connectivity index (χ1v) is 8.16. The van der Waals surface area contributed by atoms with Gasteiger partial charge in [-0.15, -0.1) is 0 Å². The first-order chi connectivity index (χ1) is 11.5. The van der Waals surface area contributed by atoms with Gasteiger partial charge >= 0.3 is 0 Å². The molecule has 2 N–H and O–H groups in total. The van der Waals surface area contributed by atoms with Crippen LogP contribution in [0.25, 0.3) is 0 Å². The van der Waals surface area contributed by atoms with Gasteiger partial charge in [-0.1, -0.05) is 43.6 Å². The zero-order valence-corrected chi connectivity index (χ0v) is 14.4. The van der Waals surface area contributed by atoms with Crippen molar-refractivity contribution in [1.82, 2.24) is 10.3 Å². The van der Waals surface area contributed by atoms with E-state index >= 15 is 0 Å². The highest BCUT2D eigenvalue weighted by atomic mass is 35.5. The number of pyridine rings is 1. The van der Waals surface area contributed by atoms with Crippen molar-refractivity contribution in [2.45, 2.75) is 20.3 Å². The monoisotopic (exact) mass is 345 g/mol. The second kappa shape index (κ2) is 8.45. The topological polar surface area (TPSA) is 71.1 Å². The zero-order valence-electron chi connectivity index (χ0n) is 13.7. The Balaban J connectivity index is 2.05. The summed E-state index contributed by atoms with van der Waals surface area (Å²) >= 11 is 6.02. The van der Waals surface area contributed by atoms with Crippen molar-refractivity contribution < 1.29 is 9.59 Å². The molecule has 2 rings (SSSR count). The van der Waals surface area contributed by atoms with Crippen molar-refractivity contribution in [2.24, 2.45) is 5.92 Å². The van der Waals surface area contributed by atoms with Crippen LogP contribution >= 0.6 is 11.6 Å². The first-order valence-electron chi connectivity index (χ1n) is 7.78. The number of benzene rings is 1. The summed E-state index contributed by atoms with van der Waals surface area (Å²) in [5.41, 5.74) is 0.870. The van der Waals surface area contributed by atoms with Crippen LogP contribution < -0.4 is 10.6 Å². The van der Waals surface area contributed by atoms with Gasteiger partial charge in [-0.3, -0.25) is 9.59 Å². The van der Waals surface area contributed by atoms with Crippen LogP contribution in [-0.2, 0) is 0 Å². The van der Waals surface area contributed by atoms with Crippen LogP contribution in [0.1, 0.15) is 41.2 Å². The van der Waals surface area contributed by atoms with Gasteiger partial charge in [0.15, 0.2) is 0 Å². The lowest BCUT2D eigenvalue weighted by Crippen LogP contribution is -2.27. The summed E-state index contributed by atoms with van der Waals surface area (Å²) in [6.07, 6.45) is 0.887. The van der Waals surface area contributed by atoms with Crippen LogP contribution in [-0.4, -0.2) is 23.3 Å². The van der Waals surface area contributed by atoms with E-state index in [1.54, 1.807) is 42.5 Å². The number of rotatable bonds is 6. The summed E-state index contributed by atoms with van der Waals surface area (Å²) in [6.45, 7) is 4.75. The average Bonchev–Trinajstić information content (AvgIpc) is 2.56. The van der Waals surface area contributed by atoms with E-state index in [0.29, 0.717) is 23.2 Å². The van der Waals surface area contributed by atoms with E-state index in [0.717, 1.165) is 6.42 Å². The van der Waals surface area contributed by atoms with Crippen molar-refractivity contribution in [3.63, 3.8) is 0 Å². The molecule has 24 heavy (non-hydrogen) atoms. The van der Waals surface area contributed by atoms with Crippen LogP contribution in [0.15, 0.2) is 42.5 Å². The minimum Gasteiger partial charge on any atom is -0.351 e. The van der Waals surface area contributed by atoms with Crippen LogP contribution in [0.2, 0.25) is 5.02 Å². The van der Waals surface area contributed by atoms with Gasteiger partial charge in [0.1, 0.15) is 11.4 Å². The van der Waals surface area contributed by atoms with Crippen molar-refractivity contribution in [2.75, 3.05) is 11.9 Å². The summed E-state index contributed by atoms with van der Waals surface area (Å²) in [4.78, 5) is 28.5. The molecule has 5 nitrogen and oxygen atoms in total. The summed E-state index contributed by atoms with van der Waals surface area (Å²) in [5, 5.41) is 5.93. The van der Waals surface area contributed by atoms with Crippen molar-refractivity contribution >= 4 is 29.1 Å². The molecule has 0 bridgehead atoms. The van der Waals surface area contributed by atoms with Gasteiger partial charge in [0, 0.05) is 6.54 Å². The number of para-hydroxylation sites is 1. The molecule has 0 atom stereocenters. The number of nitrogens with zero attached hydrogens (tertiary/aromatic N) is 1. The molecule has 1 heterocycles. The van der Waals surface area contributed by atoms with Gasteiger partial charge in [0.25, 0.3) is 11.8 Å². The normalized spacial score (nSPS) is 10.5. The molecule has 0 radical (unpaired) electrons. The molecule has 0 saturated heterocycles. The van der Waals surface area contributed by atoms with Gasteiger partial charge in [-0.25, -0.2) is 4.98 Å². The number of halogens is 1. The third-order valence-corrected chi connectivity index (χ3v) is 3.67. The number of carbonyl (C=O) groups is 2. The summed E-state index contributed by atoms with van der Waals surface area (Å²) in [5.74, 6) is -0.200. The lowest BCUT2D eigenvalue weighted by Gasteiger charge is -2.09. The molecule has 0 aliphatic rings. The molecule has 2 amide bonds. The Morgan fingerprint density at radius 1 is 1.04 bits per heavy atom. The molecule has 0 aliphatic heterocycles. The number of anilines is 1. The van der Waals surface area contributed by atoms with E-state index in [4.69, 9.17) is 11.6 Å². The third kappa shape index (κ3) is 5.06. The van der Waals surface area contributed by atoms with Crippen LogP contribution in [0, 0.1) is 5.92 Å². The number of carbonyl (C=O) groups excluding carboxylic acids is 2. The van der Waals surface area contributed by atoms with Gasteiger partial charge < -0.3 is 10.6 Å². The maximum Gasteiger partial charge on any atom is 0.274 e. The Hall–Kier alpha value is -2.40. The molecular formula is C18H20ClN3O2. The van der Waals surface area contributed by atoms with Crippen LogP contribution in [0.3, 0.4) is 0 Å². The number of amides is 2. The van der Waals surface area contributed by atoms with E-state index in [1.165, 1.54) is 0 Å². The lowest BCUT2D eigenvalue weighted by molar-refractivity contribution is 0.0947. The molecule has 0 spiro atoms. The fourth-order valence-electron chi connectivity index (χ4n) is 2.00. The van der Waals surface area contributed by atoms with Gasteiger partial charge in [0.05, 0.1) is 10.7 Å². The summed E-state index contributed by atoms with van der Waals surface area (Å²) < 4.78 is 0. The highest BCUT2D eigenvalue weighted by molar-refractivity contribution is 6.33. The van der Waals surface area contributed by atoms with Crippen molar-refractivity contribution in [3.05, 3.63) is 58.9 Å². The number of nitrogens with one attached hydrogen (secondary N) is 2. The van der Waals surface area contributed by atoms with Crippen molar-refractivity contribution in [3.8, 4) is 0 Å². The van der Waals surface area contributed by atoms with E-state index in [-0.39, 0.29) is 17.3 Å². The number of hydrogen-bond acceptors (Lipinski definition) is 3. The SMILES string of the molecule is CC(C)CCNC(=O)c1cccc(C(=O)Nc2ccccc2Cl)n1. The minimum absolute atomic E-state index is 0.159. The molecule has 0 saturated carbocycles. The summed E-state index contributed by atoms with van der Waals surface area (Å²) in [6, 6.07) is 11.7. The summed E-state index contributed by atoms with van der Waals surface area (Å²) in [7, 11) is 0. The predicted octanol–water partition coefficient (Wildman–Crippen LogP) is 3.76. The molecule has 126 valence electrons. The molecule has 2 aromatic rings. The molecule has 1 aromatic carbocycles. The maximum atomic E-state index is 12.3. The average molecular weight is 346 g/mol. The largest absolute Gasteiger partial charge is 0.351 e. The van der Waals surface area contributed by atoms with E-state index < -0.39 is 5.91 Å². The number of hydrogen-bond donors (Lipinski definition) is 2. The predicted molar refractivity (Wildman–Crippen MR) is 95.4 cm³/mol. The Bertz CT molecular complexity index is 732. The Kier molecular flexibility index (Phi) is 6.32. The van der Waals surface area contributed by atoms with Crippen LogP contribution in [0.4, 0.5) is 5.69 Å². The molecule has 1 aromatic heterocycles. The highest BCUT2D eigenvalue weighted by Crippen LogP contribution is 2.20. The fourth-order valence-corrected chi connectivity index (χ4v) is 2.18. The van der Waals surface area contributed by atoms with Gasteiger partial charge in [0.2, 0.25) is 0 Å². The standard InChI is InChI=1S/C18H20ClN3O2/c1-12(2)10-11-20-17(23)15-8-5-9-16(21-15)18(24)22-14-7-4-3-6-13(14)19/h3-9,12H,10-11H2,1-2H3,(H,20,23)(H,22,24). The van der Waals surface area contributed by atoms with E-state index in [2.05, 4.69) is 29.5 Å². The quantitative estimate of drug-likeness (QED) is 0.837. The molecule has 0 aliphatic carbocycles. The van der Waals surface area contributed by atoms with E-state index in [9.17, 15) is 9.59 Å².